The maximum Gasteiger partial charge on any atom is 0.414 e. The van der Waals surface area contributed by atoms with Crippen LogP contribution in [0.4, 0.5) is 19.2 Å². The molecule has 388 valence electrons. The Hall–Kier alpha value is -6.41. The molecule has 5 N–H and O–H groups in total. The number of rotatable bonds is 16. The van der Waals surface area contributed by atoms with Crippen molar-refractivity contribution >= 4 is 48.3 Å². The number of amides is 5. The van der Waals surface area contributed by atoms with Crippen molar-refractivity contribution in [2.75, 3.05) is 26.2 Å². The molecule has 1 heterocycles. The lowest BCUT2D eigenvalue weighted by molar-refractivity contribution is -0.226. The van der Waals surface area contributed by atoms with Gasteiger partial charge in [0.15, 0.2) is 12.1 Å². The molecule has 0 aromatic heterocycles. The summed E-state index contributed by atoms with van der Waals surface area (Å²) in [6, 6.07) is 13.2. The number of hydrogen-bond donors (Lipinski definition) is 5. The topological polar surface area (TPSA) is 251 Å². The summed E-state index contributed by atoms with van der Waals surface area (Å²) in [5.41, 5.74) is -2.37. The molecule has 1 fully saturated rings. The second-order valence-electron chi connectivity index (χ2n) is 20.4. The van der Waals surface area contributed by atoms with Crippen molar-refractivity contribution in [2.45, 2.75) is 162 Å². The van der Waals surface area contributed by atoms with Gasteiger partial charge >= 0.3 is 30.3 Å². The van der Waals surface area contributed by atoms with Crippen LogP contribution in [0.1, 0.15) is 125 Å². The first kappa shape index (κ1) is 57.9. The summed E-state index contributed by atoms with van der Waals surface area (Å²) < 4.78 is 39.9. The summed E-state index contributed by atoms with van der Waals surface area (Å²) in [5, 5.41) is 21.8. The van der Waals surface area contributed by atoms with Crippen molar-refractivity contribution in [2.24, 2.45) is 4.99 Å². The average molecular weight is 983 g/mol. The lowest BCUT2D eigenvalue weighted by Crippen LogP contribution is -2.60. The zero-order valence-electron chi connectivity index (χ0n) is 42.8. The number of carbonyl (C=O) groups excluding carboxylic acids is 6. The van der Waals surface area contributed by atoms with E-state index in [0.29, 0.717) is 44.5 Å². The van der Waals surface area contributed by atoms with Gasteiger partial charge in [-0.2, -0.15) is 0 Å². The highest BCUT2D eigenvalue weighted by molar-refractivity contribution is 6.01. The summed E-state index contributed by atoms with van der Waals surface area (Å²) in [6.45, 7) is 23.5. The molecule has 20 nitrogen and oxygen atoms in total. The van der Waals surface area contributed by atoms with E-state index < -0.39 is 89.3 Å². The van der Waals surface area contributed by atoms with E-state index in [4.69, 9.17) is 33.2 Å². The minimum absolute atomic E-state index is 0.185. The Morgan fingerprint density at radius 3 is 1.77 bits per heavy atom. The summed E-state index contributed by atoms with van der Waals surface area (Å²) in [5.74, 6) is -1.39. The van der Waals surface area contributed by atoms with Gasteiger partial charge in [0, 0.05) is 32.3 Å². The molecule has 5 amide bonds. The van der Waals surface area contributed by atoms with Crippen molar-refractivity contribution in [3.05, 3.63) is 71.8 Å². The maximum atomic E-state index is 13.4. The minimum Gasteiger partial charge on any atom is -0.462 e. The Kier molecular flexibility index (Phi) is 21.5. The van der Waals surface area contributed by atoms with Crippen LogP contribution < -0.4 is 26.0 Å². The lowest BCUT2D eigenvalue weighted by atomic mass is 9.97. The fraction of sp³-hybridized carbons (Fsp3) is 0.580. The van der Waals surface area contributed by atoms with E-state index in [1.54, 1.807) is 143 Å². The first-order valence-electron chi connectivity index (χ1n) is 23.3. The summed E-state index contributed by atoms with van der Waals surface area (Å²) >= 11 is 0. The number of alkyl carbamates (subject to hydrolysis) is 3. The molecule has 2 aromatic rings. The number of guanidine groups is 1. The Bertz CT molecular complexity index is 2070. The van der Waals surface area contributed by atoms with Crippen LogP contribution in [0.5, 0.6) is 5.75 Å². The summed E-state index contributed by atoms with van der Waals surface area (Å²) in [7, 11) is 0. The first-order valence-corrected chi connectivity index (χ1v) is 23.3. The van der Waals surface area contributed by atoms with Crippen LogP contribution in [-0.4, -0.2) is 131 Å². The van der Waals surface area contributed by atoms with E-state index in [-0.39, 0.29) is 23.8 Å². The molecule has 5 atom stereocenters. The molecular formula is C50H74N6O14. The van der Waals surface area contributed by atoms with Crippen LogP contribution in [0.2, 0.25) is 0 Å². The number of carbonyl (C=O) groups is 6. The van der Waals surface area contributed by atoms with E-state index in [2.05, 4.69) is 26.3 Å². The van der Waals surface area contributed by atoms with Crippen molar-refractivity contribution in [3.63, 3.8) is 0 Å². The van der Waals surface area contributed by atoms with E-state index in [1.165, 1.54) is 18.2 Å². The molecule has 0 radical (unpaired) electrons. The zero-order valence-corrected chi connectivity index (χ0v) is 42.8. The number of aliphatic imine (C=N–C) groups is 1. The van der Waals surface area contributed by atoms with Gasteiger partial charge in [0.25, 0.3) is 0 Å². The van der Waals surface area contributed by atoms with Crippen LogP contribution in [0.3, 0.4) is 0 Å². The number of aliphatic hydroxyl groups excluding tert-OH is 1. The van der Waals surface area contributed by atoms with E-state index in [9.17, 15) is 33.9 Å². The number of benzene rings is 2. The lowest BCUT2D eigenvalue weighted by Gasteiger charge is -2.41. The number of hydrogen-bond acceptors (Lipinski definition) is 15. The number of aliphatic hydroxyl groups is 1. The van der Waals surface area contributed by atoms with Crippen molar-refractivity contribution in [1.29, 1.82) is 0 Å². The molecule has 0 spiro atoms. The van der Waals surface area contributed by atoms with Crippen LogP contribution in [0.25, 0.3) is 6.08 Å². The van der Waals surface area contributed by atoms with Crippen molar-refractivity contribution in [1.82, 2.24) is 26.2 Å². The standard InChI is InChI=1S/C50H74N6O14/c1-32-38(58)39(66-40(59)34-20-15-14-16-21-34)37(53-42(54-44(61)68-48(5,6)7)55-45(62)69-49(8,9)10)41(64-32)65-35-25-22-33(23-26-35)24-27-36(57)51-29-19-31-56(46(63)70-50(11,12)13)30-18-17-28-52-43(60)67-47(2,3)4/h14-16,20-27,32,37-39,41,58H,17-19,28-31H2,1-13H3,(H,51,57)(H,52,60)(H2,53,54,55,61,62)/b27-24+/t32-,37-,38+,39-,41-/m1/s1. The van der Waals surface area contributed by atoms with Gasteiger partial charge in [-0.3, -0.25) is 15.4 Å². The number of nitrogens with one attached hydrogen (secondary N) is 4. The monoisotopic (exact) mass is 983 g/mol. The van der Waals surface area contributed by atoms with Crippen molar-refractivity contribution in [3.8, 4) is 5.75 Å². The third-order valence-corrected chi connectivity index (χ3v) is 9.19. The minimum atomic E-state index is -1.46. The Morgan fingerprint density at radius 1 is 0.686 bits per heavy atom. The quantitative estimate of drug-likeness (QED) is 0.0278. The van der Waals surface area contributed by atoms with Crippen LogP contribution in [-0.2, 0) is 33.2 Å². The normalized spacial score (nSPS) is 18.3. The molecule has 0 saturated carbocycles. The average Bonchev–Trinajstić information content (AvgIpc) is 3.21. The molecule has 20 heteroatoms. The van der Waals surface area contributed by atoms with Gasteiger partial charge in [0.05, 0.1) is 11.7 Å². The largest absolute Gasteiger partial charge is 0.462 e. The molecule has 2 aromatic carbocycles. The summed E-state index contributed by atoms with van der Waals surface area (Å²) in [4.78, 5) is 83.3. The molecule has 0 unspecified atom stereocenters. The number of ether oxygens (including phenoxy) is 7. The molecule has 0 bridgehead atoms. The fourth-order valence-corrected chi connectivity index (χ4v) is 6.24. The molecule has 70 heavy (non-hydrogen) atoms. The first-order chi connectivity index (χ1) is 32.5. The predicted octanol–water partition coefficient (Wildman–Crippen LogP) is 7.23. The predicted molar refractivity (Wildman–Crippen MR) is 261 cm³/mol. The van der Waals surface area contributed by atoms with Gasteiger partial charge in [0.1, 0.15) is 34.3 Å². The Morgan fingerprint density at radius 2 is 1.21 bits per heavy atom. The Balaban J connectivity index is 1.75. The van der Waals surface area contributed by atoms with Gasteiger partial charge in [0.2, 0.25) is 18.2 Å². The van der Waals surface area contributed by atoms with E-state index in [0.717, 1.165) is 0 Å². The van der Waals surface area contributed by atoms with Gasteiger partial charge in [-0.05, 0) is 145 Å². The number of esters is 1. The SMILES string of the molecule is C[C@H]1O[C@H](Oc2ccc(/C=C/C(=O)NCCCN(CCCCNC(=O)OC(C)(C)C)C(=O)OC(C)(C)C)cc2)[C@H](N=C(NC(=O)OC(C)(C)C)NC(=O)OC(C)(C)C)[C@@H](OC(=O)c2ccccc2)[C@H]1O. The second kappa shape index (κ2) is 26.0. The third kappa shape index (κ3) is 22.8. The fourth-order valence-electron chi connectivity index (χ4n) is 6.24. The summed E-state index contributed by atoms with van der Waals surface area (Å²) in [6.07, 6.45) is -3.59. The van der Waals surface area contributed by atoms with Gasteiger partial charge in [-0.15, -0.1) is 0 Å². The molecule has 0 aliphatic carbocycles. The highest BCUT2D eigenvalue weighted by Crippen LogP contribution is 2.29. The molecule has 1 saturated heterocycles. The molecule has 3 rings (SSSR count). The number of unbranched alkanes of at least 4 members (excludes halogenated alkanes) is 1. The van der Waals surface area contributed by atoms with E-state index in [1.807, 2.05) is 0 Å². The molecule has 1 aliphatic heterocycles. The highest BCUT2D eigenvalue weighted by atomic mass is 16.7. The van der Waals surface area contributed by atoms with Crippen LogP contribution in [0.15, 0.2) is 65.7 Å². The molecule has 1 aliphatic rings. The third-order valence-electron chi connectivity index (χ3n) is 9.19. The van der Waals surface area contributed by atoms with Crippen LogP contribution in [0, 0.1) is 0 Å². The van der Waals surface area contributed by atoms with Gasteiger partial charge in [-0.1, -0.05) is 30.3 Å². The van der Waals surface area contributed by atoms with Gasteiger partial charge < -0.3 is 53.8 Å². The zero-order chi connectivity index (χ0) is 52.5. The number of nitrogens with zero attached hydrogens (tertiary/aromatic N) is 2. The Labute approximate surface area is 411 Å². The molecular weight excluding hydrogens is 909 g/mol. The van der Waals surface area contributed by atoms with Crippen LogP contribution >= 0.6 is 0 Å². The second-order valence-corrected chi connectivity index (χ2v) is 20.4. The smallest absolute Gasteiger partial charge is 0.414 e. The van der Waals surface area contributed by atoms with Gasteiger partial charge in [-0.25, -0.2) is 29.0 Å². The highest BCUT2D eigenvalue weighted by Gasteiger charge is 2.48. The van der Waals surface area contributed by atoms with Crippen molar-refractivity contribution < 1.29 is 67.0 Å². The maximum absolute atomic E-state index is 13.4. The van der Waals surface area contributed by atoms with E-state index >= 15 is 0 Å².